The van der Waals surface area contributed by atoms with E-state index in [1.54, 1.807) is 19.3 Å². The Morgan fingerprint density at radius 3 is 2.81 bits per heavy atom. The Balaban J connectivity index is 1.81. The minimum atomic E-state index is -0.159. The van der Waals surface area contributed by atoms with Crippen molar-refractivity contribution in [1.82, 2.24) is 14.8 Å². The van der Waals surface area contributed by atoms with E-state index in [1.165, 1.54) is 15.5 Å². The van der Waals surface area contributed by atoms with Crippen molar-refractivity contribution in [2.45, 2.75) is 31.8 Å². The molecule has 1 fully saturated rings. The summed E-state index contributed by atoms with van der Waals surface area (Å²) in [4.78, 5) is 36.6. The molecule has 0 radical (unpaired) electrons. The molecule has 7 heteroatoms. The number of aryl methyl sites for hydroxylation is 1. The summed E-state index contributed by atoms with van der Waals surface area (Å²) in [5.74, 6) is -0.291. The van der Waals surface area contributed by atoms with Crippen LogP contribution >= 0.6 is 15.9 Å². The molecule has 114 valence electrons. The maximum atomic E-state index is 12.0. The summed E-state index contributed by atoms with van der Waals surface area (Å²) in [6.07, 6.45) is 3.88. The monoisotopic (exact) mass is 355 g/mol. The van der Waals surface area contributed by atoms with Gasteiger partial charge in [0.15, 0.2) is 0 Å². The summed E-state index contributed by atoms with van der Waals surface area (Å²) in [5, 5.41) is 2.84. The highest BCUT2D eigenvalue weighted by Crippen LogP contribution is 2.18. The third-order valence-corrected chi connectivity index (χ3v) is 3.73. The Morgan fingerprint density at radius 1 is 1.43 bits per heavy atom. The molecular weight excluding hydrogens is 338 g/mol. The van der Waals surface area contributed by atoms with E-state index in [-0.39, 0.29) is 30.3 Å². The van der Waals surface area contributed by atoms with Crippen LogP contribution in [0.1, 0.15) is 19.3 Å². The second-order valence-corrected chi connectivity index (χ2v) is 6.14. The Kier molecular flexibility index (Phi) is 5.17. The maximum absolute atomic E-state index is 12.0. The lowest BCUT2D eigenvalue weighted by Crippen LogP contribution is -2.39. The number of nitrogens with one attached hydrogen (secondary N) is 1. The highest BCUT2D eigenvalue weighted by atomic mass is 79.9. The van der Waals surface area contributed by atoms with Crippen molar-refractivity contribution in [3.63, 3.8) is 0 Å². The molecule has 1 aromatic heterocycles. The second kappa shape index (κ2) is 6.89. The number of hydrogen-bond donors (Lipinski definition) is 1. The molecule has 21 heavy (non-hydrogen) atoms. The first kappa shape index (κ1) is 15.8. The number of hydrogen-bond acceptors (Lipinski definition) is 3. The van der Waals surface area contributed by atoms with Gasteiger partial charge in [-0.1, -0.05) is 0 Å². The van der Waals surface area contributed by atoms with Gasteiger partial charge in [0.2, 0.25) is 11.8 Å². The van der Waals surface area contributed by atoms with Gasteiger partial charge in [-0.05, 0) is 34.8 Å². The van der Waals surface area contributed by atoms with Crippen LogP contribution in [-0.2, 0) is 16.1 Å². The Hall–Kier alpha value is -1.63. The highest BCUT2D eigenvalue weighted by Gasteiger charge is 2.24. The number of amides is 2. The van der Waals surface area contributed by atoms with Gasteiger partial charge >= 0.3 is 0 Å². The number of aromatic nitrogens is 1. The molecule has 1 aliphatic rings. The second-order valence-electron chi connectivity index (χ2n) is 5.22. The normalized spacial score (nSPS) is 13.8. The lowest BCUT2D eigenvalue weighted by molar-refractivity contribution is -0.134. The summed E-state index contributed by atoms with van der Waals surface area (Å²) in [6, 6.07) is 3.40. The molecule has 1 aliphatic carbocycles. The van der Waals surface area contributed by atoms with E-state index >= 15 is 0 Å². The third kappa shape index (κ3) is 5.00. The van der Waals surface area contributed by atoms with Crippen molar-refractivity contribution in [3.8, 4) is 0 Å². The van der Waals surface area contributed by atoms with Gasteiger partial charge in [0.1, 0.15) is 0 Å². The first-order valence-electron chi connectivity index (χ1n) is 6.85. The smallest absolute Gasteiger partial charge is 0.250 e. The van der Waals surface area contributed by atoms with Crippen LogP contribution in [0.5, 0.6) is 0 Å². The van der Waals surface area contributed by atoms with Crippen LogP contribution in [0.15, 0.2) is 27.6 Å². The van der Waals surface area contributed by atoms with E-state index in [1.807, 2.05) is 0 Å². The summed E-state index contributed by atoms with van der Waals surface area (Å²) in [7, 11) is 1.60. The van der Waals surface area contributed by atoms with Crippen molar-refractivity contribution in [2.75, 3.05) is 13.6 Å². The molecule has 6 nitrogen and oxygen atoms in total. The predicted molar refractivity (Wildman–Crippen MR) is 81.8 cm³/mol. The Bertz CT molecular complexity index is 595. The average molecular weight is 356 g/mol. The van der Waals surface area contributed by atoms with Crippen LogP contribution in [0.25, 0.3) is 0 Å². The number of carbonyl (C=O) groups excluding carboxylic acids is 2. The molecule has 0 spiro atoms. The van der Waals surface area contributed by atoms with E-state index in [0.29, 0.717) is 12.6 Å². The molecule has 0 bridgehead atoms. The molecule has 0 unspecified atom stereocenters. The van der Waals surface area contributed by atoms with E-state index in [2.05, 4.69) is 21.2 Å². The molecule has 0 aromatic carbocycles. The van der Waals surface area contributed by atoms with E-state index in [9.17, 15) is 14.4 Å². The van der Waals surface area contributed by atoms with E-state index in [4.69, 9.17) is 0 Å². The Morgan fingerprint density at radius 2 is 2.14 bits per heavy atom. The maximum Gasteiger partial charge on any atom is 0.250 e. The third-order valence-electron chi connectivity index (χ3n) is 3.26. The molecule has 0 saturated heterocycles. The van der Waals surface area contributed by atoms with Gasteiger partial charge < -0.3 is 14.8 Å². The minimum absolute atomic E-state index is 0.0583. The minimum Gasteiger partial charge on any atom is -0.352 e. The van der Waals surface area contributed by atoms with Crippen LogP contribution < -0.4 is 10.9 Å². The SMILES string of the molecule is CN(CC(=O)NC1CC1)C(=O)CCn1cc(Br)ccc1=O. The molecule has 1 aromatic rings. The standard InChI is InChI=1S/C14H18BrN3O3/c1-17(9-12(19)16-11-3-4-11)13(20)6-7-18-8-10(15)2-5-14(18)21/h2,5,8,11H,3-4,6-7,9H2,1H3,(H,16,19). The van der Waals surface area contributed by atoms with Gasteiger partial charge in [-0.2, -0.15) is 0 Å². The van der Waals surface area contributed by atoms with Crippen LogP contribution in [0.4, 0.5) is 0 Å². The molecule has 1 N–H and O–H groups in total. The fourth-order valence-corrected chi connectivity index (χ4v) is 2.27. The number of halogens is 1. The molecular formula is C14H18BrN3O3. The van der Waals surface area contributed by atoms with E-state index in [0.717, 1.165) is 17.3 Å². The van der Waals surface area contributed by atoms with Crippen molar-refractivity contribution >= 4 is 27.7 Å². The van der Waals surface area contributed by atoms with Crippen molar-refractivity contribution in [2.24, 2.45) is 0 Å². The number of pyridine rings is 1. The largest absolute Gasteiger partial charge is 0.352 e. The molecule has 2 amide bonds. The number of rotatable bonds is 6. The highest BCUT2D eigenvalue weighted by molar-refractivity contribution is 9.10. The number of nitrogens with zero attached hydrogens (tertiary/aromatic N) is 2. The van der Waals surface area contributed by atoms with Gasteiger partial charge in [-0.25, -0.2) is 0 Å². The number of likely N-dealkylation sites (N-methyl/N-ethyl adjacent to an activating group) is 1. The van der Waals surface area contributed by atoms with Crippen LogP contribution in [0, 0.1) is 0 Å². The molecule has 1 heterocycles. The van der Waals surface area contributed by atoms with Gasteiger partial charge in [-0.15, -0.1) is 0 Å². The fourth-order valence-electron chi connectivity index (χ4n) is 1.89. The molecule has 1 saturated carbocycles. The first-order valence-corrected chi connectivity index (χ1v) is 7.64. The van der Waals surface area contributed by atoms with Crippen LogP contribution in [0.2, 0.25) is 0 Å². The number of carbonyl (C=O) groups is 2. The van der Waals surface area contributed by atoms with Gasteiger partial charge in [0.25, 0.3) is 5.56 Å². The topological polar surface area (TPSA) is 71.4 Å². The zero-order valence-electron chi connectivity index (χ0n) is 11.8. The molecule has 0 aliphatic heterocycles. The first-order chi connectivity index (χ1) is 9.95. The predicted octanol–water partition coefficient (Wildman–Crippen LogP) is 0.738. The summed E-state index contributed by atoms with van der Waals surface area (Å²) < 4.78 is 2.26. The lowest BCUT2D eigenvalue weighted by Gasteiger charge is -2.17. The van der Waals surface area contributed by atoms with E-state index < -0.39 is 0 Å². The lowest BCUT2D eigenvalue weighted by atomic mass is 10.3. The summed E-state index contributed by atoms with van der Waals surface area (Å²) >= 11 is 3.29. The zero-order valence-corrected chi connectivity index (χ0v) is 13.4. The van der Waals surface area contributed by atoms with Crippen LogP contribution in [0.3, 0.4) is 0 Å². The zero-order chi connectivity index (χ0) is 15.4. The van der Waals surface area contributed by atoms with Crippen molar-refractivity contribution < 1.29 is 9.59 Å². The quantitative estimate of drug-likeness (QED) is 0.817. The van der Waals surface area contributed by atoms with Gasteiger partial charge in [0, 0.05) is 42.8 Å². The van der Waals surface area contributed by atoms with Crippen LogP contribution in [-0.4, -0.2) is 40.9 Å². The summed E-state index contributed by atoms with van der Waals surface area (Å²) in [6.45, 7) is 0.356. The average Bonchev–Trinajstić information content (AvgIpc) is 3.23. The van der Waals surface area contributed by atoms with Gasteiger partial charge in [-0.3, -0.25) is 14.4 Å². The van der Waals surface area contributed by atoms with Crippen molar-refractivity contribution in [3.05, 3.63) is 33.2 Å². The summed E-state index contributed by atoms with van der Waals surface area (Å²) in [5.41, 5.74) is -0.153. The molecule has 2 rings (SSSR count). The Labute approximate surface area is 131 Å². The van der Waals surface area contributed by atoms with Crippen molar-refractivity contribution in [1.29, 1.82) is 0 Å². The van der Waals surface area contributed by atoms with Gasteiger partial charge in [0.05, 0.1) is 6.54 Å². The molecule has 0 atom stereocenters. The fraction of sp³-hybridized carbons (Fsp3) is 0.500.